The molecular weight excluding hydrogens is 396 g/mol. The van der Waals surface area contributed by atoms with Gasteiger partial charge in [0.25, 0.3) is 0 Å². The van der Waals surface area contributed by atoms with Gasteiger partial charge in [0.2, 0.25) is 0 Å². The first kappa shape index (κ1) is 19.5. The summed E-state index contributed by atoms with van der Waals surface area (Å²) >= 11 is 2.96. The van der Waals surface area contributed by atoms with E-state index in [1.165, 1.54) is 23.5 Å². The predicted molar refractivity (Wildman–Crippen MR) is 121 cm³/mol. The fourth-order valence-electron chi connectivity index (χ4n) is 3.02. The molecule has 2 nitrogen and oxygen atoms in total. The Morgan fingerprint density at radius 1 is 0.690 bits per heavy atom. The van der Waals surface area contributed by atoms with E-state index >= 15 is 0 Å². The van der Waals surface area contributed by atoms with E-state index in [0.29, 0.717) is 11.1 Å². The number of fused-ring (bicyclic) bond motifs is 1. The van der Waals surface area contributed by atoms with E-state index in [9.17, 15) is 9.59 Å². The lowest BCUT2D eigenvalue weighted by Crippen LogP contribution is -2.15. The molecule has 0 unspecified atom stereocenters. The Morgan fingerprint density at radius 2 is 1.21 bits per heavy atom. The number of hydrogen-bond donors (Lipinski definition) is 0. The second-order valence-corrected chi connectivity index (χ2v) is 9.06. The molecule has 0 saturated carbocycles. The van der Waals surface area contributed by atoms with Gasteiger partial charge in [-0.2, -0.15) is 0 Å². The number of Topliss-reactive ketones (excluding diaryl/α,β-unsaturated/α-hetero) is 2. The van der Waals surface area contributed by atoms with Crippen LogP contribution >= 0.6 is 23.5 Å². The molecule has 3 aromatic carbocycles. The van der Waals surface area contributed by atoms with Crippen LogP contribution in [-0.4, -0.2) is 11.6 Å². The van der Waals surface area contributed by atoms with E-state index in [2.05, 4.69) is 12.6 Å². The maximum atomic E-state index is 13.4. The van der Waals surface area contributed by atoms with Crippen molar-refractivity contribution in [3.05, 3.63) is 112 Å². The summed E-state index contributed by atoms with van der Waals surface area (Å²) in [6.07, 6.45) is 0. The highest BCUT2D eigenvalue weighted by atomic mass is 32.2. The Bertz CT molecular complexity index is 1090. The van der Waals surface area contributed by atoms with Crippen molar-refractivity contribution in [1.29, 1.82) is 0 Å². The van der Waals surface area contributed by atoms with E-state index < -0.39 is 0 Å². The van der Waals surface area contributed by atoms with Crippen LogP contribution in [0.1, 0.15) is 33.2 Å². The van der Waals surface area contributed by atoms with Crippen LogP contribution < -0.4 is 0 Å². The van der Waals surface area contributed by atoms with E-state index in [-0.39, 0.29) is 17.1 Å². The van der Waals surface area contributed by atoms with E-state index in [1.807, 2.05) is 55.5 Å². The molecule has 4 heteroatoms. The van der Waals surface area contributed by atoms with Gasteiger partial charge in [-0.1, -0.05) is 102 Å². The monoisotopic (exact) mass is 414 g/mol. The Labute approximate surface area is 178 Å². The van der Waals surface area contributed by atoms with Crippen LogP contribution in [0.3, 0.4) is 0 Å². The SMILES string of the molecule is C=C(C)c1ccc2c(c1)SC(=C(C(=O)c1ccccc1)C(=O)c1ccccc1)S2. The molecule has 4 rings (SSSR count). The molecule has 0 atom stereocenters. The number of ketones is 2. The molecule has 1 aliphatic heterocycles. The molecule has 0 saturated heterocycles. The lowest BCUT2D eigenvalue weighted by atomic mass is 9.97. The Morgan fingerprint density at radius 3 is 1.72 bits per heavy atom. The molecule has 0 bridgehead atoms. The van der Waals surface area contributed by atoms with Crippen molar-refractivity contribution in [2.75, 3.05) is 0 Å². The summed E-state index contributed by atoms with van der Waals surface area (Å²) in [6, 6.07) is 24.1. The summed E-state index contributed by atoms with van der Waals surface area (Å²) in [7, 11) is 0. The molecule has 0 aliphatic carbocycles. The summed E-state index contributed by atoms with van der Waals surface area (Å²) < 4.78 is 0.724. The topological polar surface area (TPSA) is 34.1 Å². The molecule has 0 spiro atoms. The number of thioether (sulfide) groups is 2. The normalized spacial score (nSPS) is 12.4. The number of carbonyl (C=O) groups excluding carboxylic acids is 2. The first-order valence-corrected chi connectivity index (χ1v) is 10.8. The van der Waals surface area contributed by atoms with Crippen molar-refractivity contribution < 1.29 is 9.59 Å². The minimum absolute atomic E-state index is 0.227. The van der Waals surface area contributed by atoms with Gasteiger partial charge in [0.1, 0.15) is 0 Å². The average Bonchev–Trinajstić information content (AvgIpc) is 3.17. The highest BCUT2D eigenvalue weighted by Gasteiger charge is 2.30. The Hall–Kier alpha value is -2.82. The second kappa shape index (κ2) is 8.27. The van der Waals surface area contributed by atoms with Crippen LogP contribution in [-0.2, 0) is 0 Å². The minimum atomic E-state index is -0.248. The van der Waals surface area contributed by atoms with Gasteiger partial charge in [0, 0.05) is 20.9 Å². The van der Waals surface area contributed by atoms with Gasteiger partial charge in [-0.3, -0.25) is 9.59 Å². The smallest absolute Gasteiger partial charge is 0.198 e. The van der Waals surface area contributed by atoms with Gasteiger partial charge in [-0.25, -0.2) is 0 Å². The number of rotatable bonds is 5. The maximum Gasteiger partial charge on any atom is 0.198 e. The maximum absolute atomic E-state index is 13.4. The summed E-state index contributed by atoms with van der Waals surface area (Å²) in [5.41, 5.74) is 3.30. The van der Waals surface area contributed by atoms with Gasteiger partial charge < -0.3 is 0 Å². The van der Waals surface area contributed by atoms with Crippen molar-refractivity contribution in [2.45, 2.75) is 16.7 Å². The Balaban J connectivity index is 1.81. The molecule has 3 aromatic rings. The molecule has 0 radical (unpaired) electrons. The zero-order valence-electron chi connectivity index (χ0n) is 15.8. The minimum Gasteiger partial charge on any atom is -0.288 e. The number of carbonyl (C=O) groups is 2. The van der Waals surface area contributed by atoms with E-state index in [4.69, 9.17) is 0 Å². The Kier molecular flexibility index (Phi) is 5.56. The standard InChI is InChI=1S/C25H18O2S2/c1-16(2)19-13-14-20-21(15-19)29-25(28-20)22(23(26)17-9-5-3-6-10-17)24(27)18-11-7-4-8-12-18/h3-15H,1H2,2H3. The molecule has 0 aromatic heterocycles. The first-order chi connectivity index (χ1) is 14.0. The third kappa shape index (κ3) is 4.00. The first-order valence-electron chi connectivity index (χ1n) is 9.14. The molecule has 1 heterocycles. The molecule has 0 amide bonds. The number of allylic oxidation sites excluding steroid dienone is 2. The summed E-state index contributed by atoms with van der Waals surface area (Å²) in [5.74, 6) is -0.496. The average molecular weight is 415 g/mol. The molecule has 29 heavy (non-hydrogen) atoms. The highest BCUT2D eigenvalue weighted by Crippen LogP contribution is 2.53. The third-order valence-corrected chi connectivity index (χ3v) is 7.11. The van der Waals surface area contributed by atoms with Gasteiger partial charge in [-0.15, -0.1) is 0 Å². The van der Waals surface area contributed by atoms with Crippen molar-refractivity contribution >= 4 is 40.7 Å². The van der Waals surface area contributed by atoms with Crippen molar-refractivity contribution in [3.8, 4) is 0 Å². The molecule has 142 valence electrons. The number of benzene rings is 3. The van der Waals surface area contributed by atoms with Crippen LogP contribution in [0.25, 0.3) is 5.57 Å². The fraction of sp³-hybridized carbons (Fsp3) is 0.0400. The van der Waals surface area contributed by atoms with Crippen LogP contribution in [0.5, 0.6) is 0 Å². The lowest BCUT2D eigenvalue weighted by molar-refractivity contribution is 0.0962. The van der Waals surface area contributed by atoms with Gasteiger partial charge in [0.15, 0.2) is 11.6 Å². The van der Waals surface area contributed by atoms with Crippen LogP contribution in [0, 0.1) is 0 Å². The molecular formula is C25H18O2S2. The molecule has 1 aliphatic rings. The van der Waals surface area contributed by atoms with Gasteiger partial charge >= 0.3 is 0 Å². The fourth-order valence-corrected chi connectivity index (χ4v) is 5.60. The largest absolute Gasteiger partial charge is 0.288 e. The molecule has 0 fully saturated rings. The highest BCUT2D eigenvalue weighted by molar-refractivity contribution is 8.24. The third-order valence-electron chi connectivity index (χ3n) is 4.57. The summed E-state index contributed by atoms with van der Waals surface area (Å²) in [6.45, 7) is 5.97. The van der Waals surface area contributed by atoms with Gasteiger partial charge in [0.05, 0.1) is 9.81 Å². The summed E-state index contributed by atoms with van der Waals surface area (Å²) in [4.78, 5) is 28.8. The van der Waals surface area contributed by atoms with E-state index in [0.717, 1.165) is 25.2 Å². The van der Waals surface area contributed by atoms with Crippen LogP contribution in [0.4, 0.5) is 0 Å². The van der Waals surface area contributed by atoms with Crippen molar-refractivity contribution in [1.82, 2.24) is 0 Å². The van der Waals surface area contributed by atoms with Crippen LogP contribution in [0.15, 0.2) is 105 Å². The quantitative estimate of drug-likeness (QED) is 0.197. The van der Waals surface area contributed by atoms with Crippen molar-refractivity contribution in [2.24, 2.45) is 0 Å². The van der Waals surface area contributed by atoms with E-state index in [1.54, 1.807) is 24.3 Å². The summed E-state index contributed by atoms with van der Waals surface area (Å²) in [5, 5.41) is 0. The zero-order valence-corrected chi connectivity index (χ0v) is 17.5. The van der Waals surface area contributed by atoms with Crippen LogP contribution in [0.2, 0.25) is 0 Å². The second-order valence-electron chi connectivity index (χ2n) is 6.70. The lowest BCUT2D eigenvalue weighted by Gasteiger charge is -2.09. The number of hydrogen-bond acceptors (Lipinski definition) is 4. The van der Waals surface area contributed by atoms with Crippen molar-refractivity contribution in [3.63, 3.8) is 0 Å². The molecule has 0 N–H and O–H groups in total. The van der Waals surface area contributed by atoms with Gasteiger partial charge in [-0.05, 0) is 24.6 Å². The zero-order chi connectivity index (χ0) is 20.4. The predicted octanol–water partition coefficient (Wildman–Crippen LogP) is 6.89.